The predicted molar refractivity (Wildman–Crippen MR) is 109 cm³/mol. The number of amides is 2. The number of carbonyl (C=O) groups excluding carboxylic acids is 2. The van der Waals surface area contributed by atoms with Gasteiger partial charge in [-0.2, -0.15) is 5.26 Å². The molecule has 10 heteroatoms. The molecule has 0 aromatic carbocycles. The predicted octanol–water partition coefficient (Wildman–Crippen LogP) is 2.49. The molecule has 2 aliphatic rings. The van der Waals surface area contributed by atoms with Crippen LogP contribution in [-0.2, 0) is 9.53 Å². The molecule has 8 nitrogen and oxygen atoms in total. The van der Waals surface area contributed by atoms with E-state index in [9.17, 15) is 18.4 Å². The van der Waals surface area contributed by atoms with Crippen LogP contribution in [0.3, 0.4) is 0 Å². The topological polar surface area (TPSA) is 89.8 Å². The van der Waals surface area contributed by atoms with Crippen LogP contribution in [-0.4, -0.2) is 77.6 Å². The smallest absolute Gasteiger partial charge is 0.410 e. The van der Waals surface area contributed by atoms with E-state index in [0.717, 1.165) is 0 Å². The molecule has 3 rings (SSSR count). The summed E-state index contributed by atoms with van der Waals surface area (Å²) in [6.45, 7) is 6.04. The fourth-order valence-electron chi connectivity index (χ4n) is 3.67. The molecule has 0 aliphatic carbocycles. The number of piperazine rings is 1. The number of carbonyl (C=O) groups is 2. The second kappa shape index (κ2) is 8.65. The zero-order valence-corrected chi connectivity index (χ0v) is 18.0. The summed E-state index contributed by atoms with van der Waals surface area (Å²) in [5.74, 6) is -4.74. The normalized spacial score (nSPS) is 21.4. The van der Waals surface area contributed by atoms with Crippen molar-refractivity contribution in [3.63, 3.8) is 0 Å². The zero-order valence-electron chi connectivity index (χ0n) is 18.0. The lowest BCUT2D eigenvalue weighted by Crippen LogP contribution is -2.58. The average Bonchev–Trinajstić information content (AvgIpc) is 2.72. The lowest BCUT2D eigenvalue weighted by Gasteiger charge is -2.42. The summed E-state index contributed by atoms with van der Waals surface area (Å²) in [7, 11) is 0. The molecule has 2 amide bonds. The van der Waals surface area contributed by atoms with Crippen LogP contribution in [0.1, 0.15) is 32.8 Å². The van der Waals surface area contributed by atoms with Crippen LogP contribution >= 0.6 is 0 Å². The van der Waals surface area contributed by atoms with Gasteiger partial charge in [0.25, 0.3) is 5.92 Å². The Morgan fingerprint density at radius 3 is 2.39 bits per heavy atom. The van der Waals surface area contributed by atoms with E-state index in [2.05, 4.69) is 4.98 Å². The van der Waals surface area contributed by atoms with E-state index in [1.807, 2.05) is 11.0 Å². The van der Waals surface area contributed by atoms with E-state index in [1.165, 1.54) is 16.0 Å². The molecule has 1 unspecified atom stereocenters. The molecule has 2 saturated heterocycles. The fourth-order valence-corrected chi connectivity index (χ4v) is 3.67. The summed E-state index contributed by atoms with van der Waals surface area (Å²) in [4.78, 5) is 34.1. The quantitative estimate of drug-likeness (QED) is 0.709. The molecule has 3 heterocycles. The molecule has 31 heavy (non-hydrogen) atoms. The van der Waals surface area contributed by atoms with Gasteiger partial charge in [0.15, 0.2) is 0 Å². The Morgan fingerprint density at radius 1 is 1.16 bits per heavy atom. The van der Waals surface area contributed by atoms with Crippen LogP contribution in [0.2, 0.25) is 0 Å². The van der Waals surface area contributed by atoms with Crippen molar-refractivity contribution in [3.05, 3.63) is 23.9 Å². The number of hydrogen-bond acceptors (Lipinski definition) is 6. The van der Waals surface area contributed by atoms with Crippen molar-refractivity contribution in [2.45, 2.75) is 38.7 Å². The molecule has 0 saturated carbocycles. The van der Waals surface area contributed by atoms with Gasteiger partial charge in [-0.3, -0.25) is 4.79 Å². The number of piperidine rings is 1. The lowest BCUT2D eigenvalue weighted by atomic mass is 9.92. The third kappa shape index (κ3) is 5.40. The molecular formula is C21H27F2N5O3. The second-order valence-corrected chi connectivity index (χ2v) is 8.82. The van der Waals surface area contributed by atoms with Crippen molar-refractivity contribution in [3.8, 4) is 6.07 Å². The molecule has 0 bridgehead atoms. The maximum atomic E-state index is 14.6. The molecule has 2 aliphatic heterocycles. The molecule has 0 spiro atoms. The van der Waals surface area contributed by atoms with Crippen molar-refractivity contribution < 1.29 is 23.1 Å². The highest BCUT2D eigenvalue weighted by Crippen LogP contribution is 2.35. The van der Waals surface area contributed by atoms with Gasteiger partial charge in [-0.1, -0.05) is 0 Å². The Kier molecular flexibility index (Phi) is 6.34. The highest BCUT2D eigenvalue weighted by molar-refractivity contribution is 5.81. The number of pyridine rings is 1. The van der Waals surface area contributed by atoms with Crippen LogP contribution in [0, 0.1) is 17.2 Å². The van der Waals surface area contributed by atoms with Gasteiger partial charge in [-0.15, -0.1) is 0 Å². The van der Waals surface area contributed by atoms with Gasteiger partial charge in [-0.05, 0) is 32.9 Å². The van der Waals surface area contributed by atoms with E-state index >= 15 is 0 Å². The first-order valence-corrected chi connectivity index (χ1v) is 10.3. The number of nitriles is 1. The van der Waals surface area contributed by atoms with Gasteiger partial charge in [0.05, 0.1) is 5.56 Å². The first-order valence-electron chi connectivity index (χ1n) is 10.3. The molecule has 0 N–H and O–H groups in total. The molecular weight excluding hydrogens is 408 g/mol. The van der Waals surface area contributed by atoms with Crippen molar-refractivity contribution in [2.75, 3.05) is 44.2 Å². The molecule has 168 valence electrons. The SMILES string of the molecule is CC(C)(C)OC(=O)N1CCC(F)(F)C(C(=O)N2CCN(c3ccc(C#N)cn3)CC2)C1. The molecule has 2 fully saturated rings. The van der Waals surface area contributed by atoms with Crippen LogP contribution in [0.5, 0.6) is 0 Å². The summed E-state index contributed by atoms with van der Waals surface area (Å²) >= 11 is 0. The average molecular weight is 435 g/mol. The number of alkyl halides is 2. The Balaban J connectivity index is 1.62. The Morgan fingerprint density at radius 2 is 1.84 bits per heavy atom. The van der Waals surface area contributed by atoms with Gasteiger partial charge in [0.1, 0.15) is 23.4 Å². The maximum Gasteiger partial charge on any atom is 0.410 e. The van der Waals surface area contributed by atoms with Crippen LogP contribution in [0.15, 0.2) is 18.3 Å². The van der Waals surface area contributed by atoms with Crippen molar-refractivity contribution in [2.24, 2.45) is 5.92 Å². The lowest BCUT2D eigenvalue weighted by molar-refractivity contribution is -0.159. The minimum Gasteiger partial charge on any atom is -0.444 e. The zero-order chi connectivity index (χ0) is 22.8. The highest BCUT2D eigenvalue weighted by Gasteiger charge is 2.51. The monoisotopic (exact) mass is 435 g/mol. The Bertz CT molecular complexity index is 855. The van der Waals surface area contributed by atoms with E-state index in [4.69, 9.17) is 10.00 Å². The number of aromatic nitrogens is 1. The summed E-state index contributed by atoms with van der Waals surface area (Å²) in [5, 5.41) is 8.87. The maximum absolute atomic E-state index is 14.6. The number of halogens is 2. The van der Waals surface area contributed by atoms with E-state index in [1.54, 1.807) is 32.9 Å². The molecule has 1 atom stereocenters. The number of nitrogens with zero attached hydrogens (tertiary/aromatic N) is 5. The Hall–Kier alpha value is -2.96. The van der Waals surface area contributed by atoms with Crippen LogP contribution in [0.4, 0.5) is 19.4 Å². The number of anilines is 1. The largest absolute Gasteiger partial charge is 0.444 e. The number of hydrogen-bond donors (Lipinski definition) is 0. The van der Waals surface area contributed by atoms with Crippen LogP contribution in [0.25, 0.3) is 0 Å². The summed E-state index contributed by atoms with van der Waals surface area (Å²) < 4.78 is 34.5. The Labute approximate surface area is 180 Å². The molecule has 0 radical (unpaired) electrons. The number of likely N-dealkylation sites (tertiary alicyclic amines) is 1. The number of rotatable bonds is 2. The van der Waals surface area contributed by atoms with Gasteiger partial charge in [0, 0.05) is 51.9 Å². The summed E-state index contributed by atoms with van der Waals surface area (Å²) in [5.41, 5.74) is -0.293. The first-order chi connectivity index (χ1) is 14.5. The second-order valence-electron chi connectivity index (χ2n) is 8.82. The third-order valence-corrected chi connectivity index (χ3v) is 5.37. The van der Waals surface area contributed by atoms with Gasteiger partial charge in [0.2, 0.25) is 5.91 Å². The van der Waals surface area contributed by atoms with Gasteiger partial charge < -0.3 is 19.4 Å². The van der Waals surface area contributed by atoms with E-state index in [0.29, 0.717) is 24.5 Å². The summed E-state index contributed by atoms with van der Waals surface area (Å²) in [6.07, 6.45) is 0.218. The summed E-state index contributed by atoms with van der Waals surface area (Å²) in [6, 6.07) is 5.39. The van der Waals surface area contributed by atoms with Gasteiger partial charge in [-0.25, -0.2) is 18.6 Å². The van der Waals surface area contributed by atoms with E-state index < -0.39 is 35.9 Å². The van der Waals surface area contributed by atoms with Crippen molar-refractivity contribution in [1.82, 2.24) is 14.8 Å². The standard InChI is InChI=1S/C21H27F2N5O3/c1-20(2,3)31-19(30)28-7-6-21(22,23)16(14-28)18(29)27-10-8-26(9-11-27)17-5-4-15(12-24)13-25-17/h4-5,13,16H,6-11,14H2,1-3H3. The van der Waals surface area contributed by atoms with Crippen molar-refractivity contribution >= 4 is 17.8 Å². The third-order valence-electron chi connectivity index (χ3n) is 5.37. The first kappa shape index (κ1) is 22.7. The van der Waals surface area contributed by atoms with Crippen LogP contribution < -0.4 is 4.90 Å². The van der Waals surface area contributed by atoms with E-state index in [-0.39, 0.29) is 26.2 Å². The minimum atomic E-state index is -3.18. The fraction of sp³-hybridized carbons (Fsp3) is 0.619. The minimum absolute atomic E-state index is 0.149. The number of ether oxygens (including phenoxy) is 1. The van der Waals surface area contributed by atoms with Gasteiger partial charge >= 0.3 is 6.09 Å². The highest BCUT2D eigenvalue weighted by atomic mass is 19.3. The molecule has 1 aromatic heterocycles. The molecule has 1 aromatic rings. The van der Waals surface area contributed by atoms with Crippen molar-refractivity contribution in [1.29, 1.82) is 5.26 Å².